The third kappa shape index (κ3) is 11.3. The molecule has 1 aromatic rings. The smallest absolute Gasteiger partial charge is 0.475 e. The normalized spacial score (nSPS) is 19.6. The fourth-order valence-corrected chi connectivity index (χ4v) is 3.91. The summed E-state index contributed by atoms with van der Waals surface area (Å²) in [5, 5.41) is 14.2. The third-order valence-corrected chi connectivity index (χ3v) is 6.12. The van der Waals surface area contributed by atoms with E-state index in [1.165, 1.54) is 0 Å². The van der Waals surface area contributed by atoms with E-state index < -0.39 is 24.3 Å². The highest BCUT2D eigenvalue weighted by Crippen LogP contribution is 2.35. The van der Waals surface area contributed by atoms with Crippen LogP contribution in [0.5, 0.6) is 0 Å². The van der Waals surface area contributed by atoms with Gasteiger partial charge in [0.25, 0.3) is 0 Å². The van der Waals surface area contributed by atoms with E-state index in [1.807, 2.05) is 37.3 Å². The molecule has 0 bridgehead atoms. The Morgan fingerprint density at radius 1 is 1.08 bits per heavy atom. The van der Waals surface area contributed by atoms with Crippen LogP contribution >= 0.6 is 0 Å². The number of aliphatic carboxylic acids is 2. The van der Waals surface area contributed by atoms with Crippen LogP contribution in [0, 0.1) is 0 Å². The number of hydrogen-bond acceptors (Lipinski definition) is 7. The largest absolute Gasteiger partial charge is 0.490 e. The summed E-state index contributed by atoms with van der Waals surface area (Å²) < 4.78 is 69.6. The van der Waals surface area contributed by atoms with Gasteiger partial charge in [-0.3, -0.25) is 14.7 Å². The second-order valence-corrected chi connectivity index (χ2v) is 9.12. The molecule has 2 N–H and O–H groups in total. The van der Waals surface area contributed by atoms with Crippen molar-refractivity contribution >= 4 is 17.8 Å². The number of aromatic nitrogens is 1. The Morgan fingerprint density at radius 3 is 2.00 bits per heavy atom. The molecule has 39 heavy (non-hydrogen) atoms. The van der Waals surface area contributed by atoms with Crippen molar-refractivity contribution in [2.45, 2.75) is 50.3 Å². The molecule has 0 aromatic carbocycles. The minimum Gasteiger partial charge on any atom is -0.475 e. The maximum atomic E-state index is 12.3. The zero-order valence-corrected chi connectivity index (χ0v) is 21.6. The van der Waals surface area contributed by atoms with Crippen molar-refractivity contribution in [3.05, 3.63) is 30.1 Å². The number of carboxylic acids is 2. The maximum absolute atomic E-state index is 12.3. The van der Waals surface area contributed by atoms with E-state index in [-0.39, 0.29) is 24.2 Å². The second kappa shape index (κ2) is 14.4. The zero-order chi connectivity index (χ0) is 30.0. The molecular formula is C23H32F6N4O6. The third-order valence-electron chi connectivity index (χ3n) is 6.12. The first-order valence-electron chi connectivity index (χ1n) is 11.7. The first kappa shape index (κ1) is 34.0. The monoisotopic (exact) mass is 574 g/mol. The SMILES string of the molecule is CC1N(CCN(C)C)C(=O)COC12CCN(Cc1ccccn1)CC2.O=C(O)C(F)(F)F.O=C(O)C(F)(F)F. The number of nitrogens with zero attached hydrogens (tertiary/aromatic N) is 4. The Morgan fingerprint density at radius 2 is 1.59 bits per heavy atom. The van der Waals surface area contributed by atoms with Crippen molar-refractivity contribution in [1.82, 2.24) is 19.7 Å². The van der Waals surface area contributed by atoms with Gasteiger partial charge in [-0.25, -0.2) is 9.59 Å². The Balaban J connectivity index is 0.000000449. The predicted molar refractivity (Wildman–Crippen MR) is 125 cm³/mol. The fraction of sp³-hybridized carbons (Fsp3) is 0.652. The number of halogens is 6. The summed E-state index contributed by atoms with van der Waals surface area (Å²) in [5.41, 5.74) is 0.916. The molecule has 16 heteroatoms. The first-order valence-corrected chi connectivity index (χ1v) is 11.7. The van der Waals surface area contributed by atoms with Crippen LogP contribution in [0.25, 0.3) is 0 Å². The molecule has 3 rings (SSSR count). The fourth-order valence-electron chi connectivity index (χ4n) is 3.91. The molecule has 3 heterocycles. The summed E-state index contributed by atoms with van der Waals surface area (Å²) in [6, 6.07) is 6.19. The van der Waals surface area contributed by atoms with Gasteiger partial charge in [0, 0.05) is 38.9 Å². The highest BCUT2D eigenvalue weighted by atomic mass is 19.4. The number of likely N-dealkylation sites (tertiary alicyclic amines) is 1. The molecule has 0 saturated carbocycles. The highest BCUT2D eigenvalue weighted by molar-refractivity contribution is 5.78. The van der Waals surface area contributed by atoms with Gasteiger partial charge >= 0.3 is 24.3 Å². The topological polar surface area (TPSA) is 124 Å². The van der Waals surface area contributed by atoms with E-state index in [0.717, 1.165) is 51.3 Å². The standard InChI is InChI=1S/C19H30N4O2.2C2HF3O2/c1-16-19(25-15-18(24)23(16)13-12-21(2)3)7-10-22(11-8-19)14-17-6-4-5-9-20-17;2*3-2(4,5)1(6)7/h4-6,9,16H,7-8,10-15H2,1-3H3;2*(H,6,7). The summed E-state index contributed by atoms with van der Waals surface area (Å²) in [5.74, 6) is -5.39. The molecule has 2 saturated heterocycles. The van der Waals surface area contributed by atoms with Crippen LogP contribution in [-0.2, 0) is 25.7 Å². The number of alkyl halides is 6. The summed E-state index contributed by atoms with van der Waals surface area (Å²) in [4.78, 5) is 41.1. The average molecular weight is 575 g/mol. The zero-order valence-electron chi connectivity index (χ0n) is 21.6. The lowest BCUT2D eigenvalue weighted by atomic mass is 9.82. The molecule has 0 radical (unpaired) electrons. The van der Waals surface area contributed by atoms with Crippen LogP contribution in [0.4, 0.5) is 26.3 Å². The number of carbonyl (C=O) groups is 3. The van der Waals surface area contributed by atoms with E-state index in [4.69, 9.17) is 24.5 Å². The number of amides is 1. The van der Waals surface area contributed by atoms with Gasteiger partial charge in [-0.15, -0.1) is 0 Å². The lowest BCUT2D eigenvalue weighted by Gasteiger charge is -2.51. The van der Waals surface area contributed by atoms with E-state index >= 15 is 0 Å². The van der Waals surface area contributed by atoms with Gasteiger partial charge in [-0.2, -0.15) is 26.3 Å². The van der Waals surface area contributed by atoms with Gasteiger partial charge < -0.3 is 24.7 Å². The van der Waals surface area contributed by atoms with E-state index in [0.29, 0.717) is 0 Å². The Hall–Kier alpha value is -2.98. The average Bonchev–Trinajstić information content (AvgIpc) is 2.83. The number of pyridine rings is 1. The predicted octanol–water partition coefficient (Wildman–Crippen LogP) is 2.49. The Kier molecular flexibility index (Phi) is 12.6. The van der Waals surface area contributed by atoms with E-state index in [1.54, 1.807) is 0 Å². The molecule has 1 aromatic heterocycles. The van der Waals surface area contributed by atoms with Crippen LogP contribution in [-0.4, -0.2) is 119 Å². The molecule has 2 fully saturated rings. The molecule has 2 aliphatic heterocycles. The first-order chi connectivity index (χ1) is 17.9. The highest BCUT2D eigenvalue weighted by Gasteiger charge is 2.47. The van der Waals surface area contributed by atoms with Crippen LogP contribution < -0.4 is 0 Å². The Bertz CT molecular complexity index is 913. The number of morpholine rings is 1. The van der Waals surface area contributed by atoms with Crippen LogP contribution in [0.15, 0.2) is 24.4 Å². The van der Waals surface area contributed by atoms with Crippen molar-refractivity contribution in [2.24, 2.45) is 0 Å². The van der Waals surface area contributed by atoms with Crippen molar-refractivity contribution in [1.29, 1.82) is 0 Å². The van der Waals surface area contributed by atoms with Gasteiger partial charge in [0.1, 0.15) is 6.61 Å². The quantitative estimate of drug-likeness (QED) is 0.511. The number of carbonyl (C=O) groups excluding carboxylic acids is 1. The summed E-state index contributed by atoms with van der Waals surface area (Å²) in [6.07, 6.45) is -6.39. The molecule has 1 spiro atoms. The lowest BCUT2D eigenvalue weighted by molar-refractivity contribution is -0.193. The molecule has 1 atom stereocenters. The van der Waals surface area contributed by atoms with Crippen molar-refractivity contribution in [2.75, 3.05) is 46.9 Å². The Labute approximate surface area is 221 Å². The number of piperidine rings is 1. The van der Waals surface area contributed by atoms with Gasteiger partial charge in [0.05, 0.1) is 17.3 Å². The molecule has 1 unspecified atom stereocenters. The number of rotatable bonds is 5. The summed E-state index contributed by atoms with van der Waals surface area (Å²) in [7, 11) is 4.09. The van der Waals surface area contributed by atoms with Crippen LogP contribution in [0.3, 0.4) is 0 Å². The maximum Gasteiger partial charge on any atom is 0.490 e. The second-order valence-electron chi connectivity index (χ2n) is 9.12. The van der Waals surface area contributed by atoms with Crippen LogP contribution in [0.1, 0.15) is 25.5 Å². The number of likely N-dealkylation sites (N-methyl/N-ethyl adjacent to an activating group) is 1. The van der Waals surface area contributed by atoms with Crippen LogP contribution in [0.2, 0.25) is 0 Å². The van der Waals surface area contributed by atoms with E-state index in [2.05, 4.69) is 27.8 Å². The molecule has 1 amide bonds. The van der Waals surface area contributed by atoms with E-state index in [9.17, 15) is 31.1 Å². The summed E-state index contributed by atoms with van der Waals surface area (Å²) >= 11 is 0. The van der Waals surface area contributed by atoms with Crippen molar-refractivity contribution in [3.63, 3.8) is 0 Å². The van der Waals surface area contributed by atoms with Crippen molar-refractivity contribution in [3.8, 4) is 0 Å². The number of carboxylic acid groups (broad SMARTS) is 2. The molecular weight excluding hydrogens is 542 g/mol. The molecule has 0 aliphatic carbocycles. The molecule has 222 valence electrons. The minimum absolute atomic E-state index is 0.121. The summed E-state index contributed by atoms with van der Waals surface area (Å²) in [6.45, 7) is 6.88. The molecule has 10 nitrogen and oxygen atoms in total. The number of hydrogen-bond donors (Lipinski definition) is 2. The van der Waals surface area contributed by atoms with Gasteiger partial charge in [-0.05, 0) is 46.0 Å². The number of ether oxygens (including phenoxy) is 1. The minimum atomic E-state index is -5.08. The van der Waals surface area contributed by atoms with Crippen molar-refractivity contribution < 1.29 is 55.7 Å². The van der Waals surface area contributed by atoms with Gasteiger partial charge in [0.2, 0.25) is 5.91 Å². The molecule has 2 aliphatic rings. The van der Waals surface area contributed by atoms with Gasteiger partial charge in [-0.1, -0.05) is 6.07 Å². The van der Waals surface area contributed by atoms with Gasteiger partial charge in [0.15, 0.2) is 0 Å². The lowest BCUT2D eigenvalue weighted by Crippen LogP contribution is -2.64.